The van der Waals surface area contributed by atoms with E-state index in [0.717, 1.165) is 35.6 Å². The molecule has 0 spiro atoms. The van der Waals surface area contributed by atoms with Gasteiger partial charge in [-0.3, -0.25) is 4.79 Å². The SMILES string of the molecule is CCc1ccc(NC(=O)c2ccc(COc3cccc4c3OC(C)(C)C4)cc2)cc1. The zero-order valence-corrected chi connectivity index (χ0v) is 17.7. The Bertz CT molecular complexity index is 1040. The fourth-order valence-electron chi connectivity index (χ4n) is 3.64. The van der Waals surface area contributed by atoms with Gasteiger partial charge in [-0.1, -0.05) is 43.3 Å². The topological polar surface area (TPSA) is 47.6 Å². The Morgan fingerprint density at radius 1 is 1.00 bits per heavy atom. The van der Waals surface area contributed by atoms with Crippen LogP contribution in [-0.2, 0) is 19.4 Å². The van der Waals surface area contributed by atoms with Gasteiger partial charge in [-0.25, -0.2) is 0 Å². The second-order valence-electron chi connectivity index (χ2n) is 8.27. The summed E-state index contributed by atoms with van der Waals surface area (Å²) in [5.41, 5.74) is 4.63. The highest BCUT2D eigenvalue weighted by Gasteiger charge is 2.32. The summed E-state index contributed by atoms with van der Waals surface area (Å²) in [5, 5.41) is 2.94. The standard InChI is InChI=1S/C26H27NO3/c1-4-18-10-14-22(15-11-18)27-25(28)20-12-8-19(9-13-20)17-29-23-7-5-6-21-16-26(2,3)30-24(21)23/h5-15H,4,16-17H2,1-3H3,(H,27,28). The quantitative estimate of drug-likeness (QED) is 0.568. The molecule has 0 aromatic heterocycles. The third-order valence-corrected chi connectivity index (χ3v) is 5.29. The lowest BCUT2D eigenvalue weighted by atomic mass is 10.0. The van der Waals surface area contributed by atoms with Gasteiger partial charge in [0.2, 0.25) is 0 Å². The van der Waals surface area contributed by atoms with Gasteiger partial charge in [0.05, 0.1) is 0 Å². The van der Waals surface area contributed by atoms with Crippen molar-refractivity contribution >= 4 is 11.6 Å². The molecule has 1 amide bonds. The average molecular weight is 402 g/mol. The molecule has 4 rings (SSSR count). The number of carbonyl (C=O) groups is 1. The van der Waals surface area contributed by atoms with Gasteiger partial charge in [-0.15, -0.1) is 0 Å². The summed E-state index contributed by atoms with van der Waals surface area (Å²) in [6.45, 7) is 6.69. The number of anilines is 1. The lowest BCUT2D eigenvalue weighted by molar-refractivity contribution is 0.102. The van der Waals surface area contributed by atoms with Crippen LogP contribution in [0.1, 0.15) is 47.8 Å². The van der Waals surface area contributed by atoms with Gasteiger partial charge in [0, 0.05) is 23.2 Å². The van der Waals surface area contributed by atoms with Gasteiger partial charge in [-0.2, -0.15) is 0 Å². The van der Waals surface area contributed by atoms with Crippen LogP contribution >= 0.6 is 0 Å². The largest absolute Gasteiger partial charge is 0.485 e. The molecular weight excluding hydrogens is 374 g/mol. The van der Waals surface area contributed by atoms with Crippen LogP contribution in [-0.4, -0.2) is 11.5 Å². The second kappa shape index (κ2) is 8.23. The van der Waals surface area contributed by atoms with E-state index in [1.807, 2.05) is 60.7 Å². The first kappa shape index (κ1) is 20.0. The molecule has 1 aliphatic heterocycles. The Hall–Kier alpha value is -3.27. The zero-order chi connectivity index (χ0) is 21.1. The molecule has 0 unspecified atom stereocenters. The molecule has 0 atom stereocenters. The maximum Gasteiger partial charge on any atom is 0.255 e. The Kier molecular flexibility index (Phi) is 5.49. The monoisotopic (exact) mass is 401 g/mol. The number of ether oxygens (including phenoxy) is 2. The van der Waals surface area contributed by atoms with Gasteiger partial charge < -0.3 is 14.8 Å². The molecule has 154 valence electrons. The van der Waals surface area contributed by atoms with Crippen molar-refractivity contribution in [3.05, 3.63) is 89.0 Å². The molecule has 3 aromatic rings. The van der Waals surface area contributed by atoms with Gasteiger partial charge in [0.25, 0.3) is 5.91 Å². The first-order chi connectivity index (χ1) is 14.4. The van der Waals surface area contributed by atoms with Crippen LogP contribution in [0.25, 0.3) is 0 Å². The maximum absolute atomic E-state index is 12.5. The van der Waals surface area contributed by atoms with Crippen molar-refractivity contribution in [2.24, 2.45) is 0 Å². The van der Waals surface area contributed by atoms with E-state index in [-0.39, 0.29) is 11.5 Å². The van der Waals surface area contributed by atoms with Crippen LogP contribution in [0.4, 0.5) is 5.69 Å². The highest BCUT2D eigenvalue weighted by molar-refractivity contribution is 6.04. The maximum atomic E-state index is 12.5. The predicted octanol–water partition coefficient (Wildman–Crippen LogP) is 5.79. The van der Waals surface area contributed by atoms with Crippen molar-refractivity contribution < 1.29 is 14.3 Å². The van der Waals surface area contributed by atoms with Crippen molar-refractivity contribution in [3.8, 4) is 11.5 Å². The third kappa shape index (κ3) is 4.48. The summed E-state index contributed by atoms with van der Waals surface area (Å²) < 4.78 is 12.1. The smallest absolute Gasteiger partial charge is 0.255 e. The Morgan fingerprint density at radius 2 is 1.70 bits per heavy atom. The van der Waals surface area contributed by atoms with E-state index in [2.05, 4.69) is 32.2 Å². The van der Waals surface area contributed by atoms with E-state index in [1.165, 1.54) is 11.1 Å². The normalized spacial score (nSPS) is 14.0. The highest BCUT2D eigenvalue weighted by Crippen LogP contribution is 2.41. The molecule has 1 N–H and O–H groups in total. The van der Waals surface area contributed by atoms with Crippen molar-refractivity contribution in [1.82, 2.24) is 0 Å². The van der Waals surface area contributed by atoms with Gasteiger partial charge in [0.1, 0.15) is 12.2 Å². The number of nitrogens with one attached hydrogen (secondary N) is 1. The lowest BCUT2D eigenvalue weighted by Gasteiger charge is -2.18. The van der Waals surface area contributed by atoms with E-state index >= 15 is 0 Å². The van der Waals surface area contributed by atoms with Gasteiger partial charge in [0.15, 0.2) is 11.5 Å². The summed E-state index contributed by atoms with van der Waals surface area (Å²) >= 11 is 0. The minimum Gasteiger partial charge on any atom is -0.485 e. The molecule has 4 nitrogen and oxygen atoms in total. The minimum atomic E-state index is -0.201. The van der Waals surface area contributed by atoms with Crippen molar-refractivity contribution in [3.63, 3.8) is 0 Å². The van der Waals surface area contributed by atoms with Crippen molar-refractivity contribution in [2.45, 2.75) is 45.8 Å². The number of amides is 1. The predicted molar refractivity (Wildman–Crippen MR) is 119 cm³/mol. The lowest BCUT2D eigenvalue weighted by Crippen LogP contribution is -2.24. The van der Waals surface area contributed by atoms with E-state index in [4.69, 9.17) is 9.47 Å². The third-order valence-electron chi connectivity index (χ3n) is 5.29. The van der Waals surface area contributed by atoms with Gasteiger partial charge in [-0.05, 0) is 61.7 Å². The number of hydrogen-bond acceptors (Lipinski definition) is 3. The Balaban J connectivity index is 1.37. The van der Waals surface area contributed by atoms with Crippen LogP contribution in [0, 0.1) is 0 Å². The van der Waals surface area contributed by atoms with Crippen LogP contribution < -0.4 is 14.8 Å². The number of aryl methyl sites for hydroxylation is 1. The van der Waals surface area contributed by atoms with Gasteiger partial charge >= 0.3 is 0 Å². The number of benzene rings is 3. The molecular formula is C26H27NO3. The fraction of sp³-hybridized carbons (Fsp3) is 0.269. The van der Waals surface area contributed by atoms with E-state index in [1.54, 1.807) is 0 Å². The summed E-state index contributed by atoms with van der Waals surface area (Å²) in [5.74, 6) is 1.48. The Morgan fingerprint density at radius 3 is 2.40 bits per heavy atom. The highest BCUT2D eigenvalue weighted by atomic mass is 16.5. The molecule has 0 bridgehead atoms. The molecule has 4 heteroatoms. The molecule has 3 aromatic carbocycles. The average Bonchev–Trinajstić information content (AvgIpc) is 3.07. The molecule has 1 heterocycles. The Labute approximate surface area is 177 Å². The van der Waals surface area contributed by atoms with E-state index < -0.39 is 0 Å². The number of fused-ring (bicyclic) bond motifs is 1. The second-order valence-corrected chi connectivity index (χ2v) is 8.27. The summed E-state index contributed by atoms with van der Waals surface area (Å²) in [6, 6.07) is 21.4. The van der Waals surface area contributed by atoms with Crippen molar-refractivity contribution in [1.29, 1.82) is 0 Å². The zero-order valence-electron chi connectivity index (χ0n) is 17.7. The molecule has 0 fully saturated rings. The summed E-state index contributed by atoms with van der Waals surface area (Å²) in [7, 11) is 0. The number of hydrogen-bond donors (Lipinski definition) is 1. The molecule has 0 saturated carbocycles. The molecule has 0 radical (unpaired) electrons. The molecule has 1 aliphatic rings. The van der Waals surface area contributed by atoms with E-state index in [9.17, 15) is 4.79 Å². The van der Waals surface area contributed by atoms with Crippen molar-refractivity contribution in [2.75, 3.05) is 5.32 Å². The number of para-hydroxylation sites is 1. The summed E-state index contributed by atoms with van der Waals surface area (Å²) in [4.78, 5) is 12.5. The number of rotatable bonds is 6. The van der Waals surface area contributed by atoms with Crippen LogP contribution in [0.5, 0.6) is 11.5 Å². The molecule has 30 heavy (non-hydrogen) atoms. The van der Waals surface area contributed by atoms with Crippen LogP contribution in [0.2, 0.25) is 0 Å². The van der Waals surface area contributed by atoms with E-state index in [0.29, 0.717) is 12.2 Å². The first-order valence-corrected chi connectivity index (χ1v) is 10.4. The first-order valence-electron chi connectivity index (χ1n) is 10.4. The molecule has 0 aliphatic carbocycles. The minimum absolute atomic E-state index is 0.122. The number of carbonyl (C=O) groups excluding carboxylic acids is 1. The van der Waals surface area contributed by atoms with Crippen LogP contribution in [0.3, 0.4) is 0 Å². The fourth-order valence-corrected chi connectivity index (χ4v) is 3.64. The van der Waals surface area contributed by atoms with Crippen LogP contribution in [0.15, 0.2) is 66.7 Å². The summed E-state index contributed by atoms with van der Waals surface area (Å²) in [6.07, 6.45) is 1.86. The molecule has 0 saturated heterocycles.